The van der Waals surface area contributed by atoms with Crippen molar-refractivity contribution in [3.8, 4) is 0 Å². The summed E-state index contributed by atoms with van der Waals surface area (Å²) < 4.78 is 26.6. The topological polar surface area (TPSA) is 12.0 Å². The first-order chi connectivity index (χ1) is 8.14. The van der Waals surface area contributed by atoms with Crippen molar-refractivity contribution >= 4 is 11.6 Å². The molecule has 1 heterocycles. The Morgan fingerprint density at radius 1 is 1.24 bits per heavy atom. The van der Waals surface area contributed by atoms with Gasteiger partial charge in [0.25, 0.3) is 0 Å². The van der Waals surface area contributed by atoms with Crippen LogP contribution in [0.4, 0.5) is 8.78 Å². The number of alkyl halides is 2. The zero-order valence-electron chi connectivity index (χ0n) is 9.56. The number of rotatable bonds is 3. The highest BCUT2D eigenvalue weighted by molar-refractivity contribution is 6.31. The lowest BCUT2D eigenvalue weighted by Crippen LogP contribution is -2.43. The maximum Gasteiger partial charge on any atom is 0.244 e. The van der Waals surface area contributed by atoms with E-state index in [-0.39, 0.29) is 0 Å². The molecule has 0 radical (unpaired) electrons. The predicted octanol–water partition coefficient (Wildman–Crippen LogP) is 3.52. The third-order valence-electron chi connectivity index (χ3n) is 3.56. The van der Waals surface area contributed by atoms with Crippen LogP contribution in [0.15, 0.2) is 24.3 Å². The number of nitrogens with one attached hydrogen (secondary N) is 1. The van der Waals surface area contributed by atoms with Crippen LogP contribution < -0.4 is 5.32 Å². The number of benzene rings is 1. The van der Waals surface area contributed by atoms with Crippen LogP contribution in [-0.4, -0.2) is 19.5 Å². The molecule has 1 aliphatic rings. The van der Waals surface area contributed by atoms with E-state index in [0.717, 1.165) is 5.56 Å². The molecule has 94 valence electrons. The third-order valence-corrected chi connectivity index (χ3v) is 3.93. The van der Waals surface area contributed by atoms with Crippen LogP contribution in [0.2, 0.25) is 5.02 Å². The van der Waals surface area contributed by atoms with Gasteiger partial charge in [-0.2, -0.15) is 0 Å². The molecule has 0 saturated carbocycles. The normalized spacial score (nSPS) is 19.5. The standard InChI is InChI=1S/C13H16ClF2N/c14-11-4-2-1-3-10(11)9-13(12(15)16)5-7-17-8-6-13/h1-4,12,17H,5-9H2. The molecule has 0 amide bonds. The molecule has 1 saturated heterocycles. The summed E-state index contributed by atoms with van der Waals surface area (Å²) in [6, 6.07) is 7.27. The van der Waals surface area contributed by atoms with E-state index in [2.05, 4.69) is 5.32 Å². The Kier molecular flexibility index (Phi) is 4.00. The second-order valence-corrected chi connectivity index (χ2v) is 5.09. The fourth-order valence-electron chi connectivity index (χ4n) is 2.42. The predicted molar refractivity (Wildman–Crippen MR) is 65.7 cm³/mol. The summed E-state index contributed by atoms with van der Waals surface area (Å²) in [7, 11) is 0. The second kappa shape index (κ2) is 5.32. The molecule has 1 aromatic rings. The molecule has 1 aromatic carbocycles. The van der Waals surface area contributed by atoms with Gasteiger partial charge >= 0.3 is 0 Å². The molecule has 0 bridgehead atoms. The van der Waals surface area contributed by atoms with Gasteiger partial charge in [-0.3, -0.25) is 0 Å². The maximum atomic E-state index is 13.3. The third kappa shape index (κ3) is 2.78. The SMILES string of the molecule is FC(F)C1(Cc2ccccc2Cl)CCNCC1. The van der Waals surface area contributed by atoms with Crippen molar-refractivity contribution in [3.05, 3.63) is 34.9 Å². The monoisotopic (exact) mass is 259 g/mol. The van der Waals surface area contributed by atoms with Crippen molar-refractivity contribution in [2.75, 3.05) is 13.1 Å². The first-order valence-electron chi connectivity index (χ1n) is 5.86. The van der Waals surface area contributed by atoms with E-state index in [1.54, 1.807) is 6.07 Å². The van der Waals surface area contributed by atoms with Gasteiger partial charge in [0.15, 0.2) is 0 Å². The van der Waals surface area contributed by atoms with E-state index < -0.39 is 11.8 Å². The molecular weight excluding hydrogens is 244 g/mol. The van der Waals surface area contributed by atoms with Gasteiger partial charge in [0.2, 0.25) is 6.43 Å². The minimum atomic E-state index is -2.29. The highest BCUT2D eigenvalue weighted by Gasteiger charge is 2.41. The molecule has 0 unspecified atom stereocenters. The Bertz CT molecular complexity index is 375. The van der Waals surface area contributed by atoms with E-state index in [0.29, 0.717) is 37.4 Å². The van der Waals surface area contributed by atoms with Crippen molar-refractivity contribution in [1.29, 1.82) is 0 Å². The van der Waals surface area contributed by atoms with Gasteiger partial charge in [-0.05, 0) is 44.0 Å². The molecule has 0 spiro atoms. The van der Waals surface area contributed by atoms with Crippen LogP contribution in [0, 0.1) is 5.41 Å². The Balaban J connectivity index is 2.21. The van der Waals surface area contributed by atoms with Crippen molar-refractivity contribution in [2.24, 2.45) is 5.41 Å². The Labute approximate surface area is 105 Å². The van der Waals surface area contributed by atoms with Crippen molar-refractivity contribution < 1.29 is 8.78 Å². The molecule has 0 aromatic heterocycles. The number of halogens is 3. The number of hydrogen-bond acceptors (Lipinski definition) is 1. The first-order valence-corrected chi connectivity index (χ1v) is 6.24. The molecule has 1 aliphatic heterocycles. The summed E-state index contributed by atoms with van der Waals surface area (Å²) >= 11 is 6.05. The molecule has 0 atom stereocenters. The van der Waals surface area contributed by atoms with Gasteiger partial charge in [-0.15, -0.1) is 0 Å². The largest absolute Gasteiger partial charge is 0.317 e. The Morgan fingerprint density at radius 2 is 1.88 bits per heavy atom. The summed E-state index contributed by atoms with van der Waals surface area (Å²) in [5.74, 6) is 0. The molecule has 2 rings (SSSR count). The summed E-state index contributed by atoms with van der Waals surface area (Å²) in [4.78, 5) is 0. The van der Waals surface area contributed by atoms with Gasteiger partial charge in [0.05, 0.1) is 0 Å². The minimum absolute atomic E-state index is 0.367. The molecule has 17 heavy (non-hydrogen) atoms. The van der Waals surface area contributed by atoms with E-state index >= 15 is 0 Å². The Hall–Kier alpha value is -0.670. The fourth-order valence-corrected chi connectivity index (χ4v) is 2.62. The molecule has 4 heteroatoms. The van der Waals surface area contributed by atoms with Gasteiger partial charge in [0.1, 0.15) is 0 Å². The van der Waals surface area contributed by atoms with Crippen LogP contribution in [0.25, 0.3) is 0 Å². The van der Waals surface area contributed by atoms with E-state index in [9.17, 15) is 8.78 Å². The van der Waals surface area contributed by atoms with Crippen molar-refractivity contribution in [2.45, 2.75) is 25.7 Å². The lowest BCUT2D eigenvalue weighted by molar-refractivity contribution is -0.0263. The highest BCUT2D eigenvalue weighted by Crippen LogP contribution is 2.40. The van der Waals surface area contributed by atoms with Gasteiger partial charge in [0, 0.05) is 10.4 Å². The van der Waals surface area contributed by atoms with Crippen LogP contribution in [0.1, 0.15) is 18.4 Å². The van der Waals surface area contributed by atoms with Gasteiger partial charge in [-0.25, -0.2) is 8.78 Å². The fraction of sp³-hybridized carbons (Fsp3) is 0.538. The van der Waals surface area contributed by atoms with Crippen LogP contribution in [-0.2, 0) is 6.42 Å². The molecular formula is C13H16ClF2N. The van der Waals surface area contributed by atoms with Crippen LogP contribution in [0.5, 0.6) is 0 Å². The van der Waals surface area contributed by atoms with E-state index in [1.807, 2.05) is 18.2 Å². The number of hydrogen-bond donors (Lipinski definition) is 1. The molecule has 1 N–H and O–H groups in total. The van der Waals surface area contributed by atoms with Gasteiger partial charge in [-0.1, -0.05) is 29.8 Å². The van der Waals surface area contributed by atoms with Crippen molar-refractivity contribution in [3.63, 3.8) is 0 Å². The van der Waals surface area contributed by atoms with E-state index in [4.69, 9.17) is 11.6 Å². The lowest BCUT2D eigenvalue weighted by atomic mass is 9.74. The van der Waals surface area contributed by atoms with E-state index in [1.165, 1.54) is 0 Å². The average molecular weight is 260 g/mol. The van der Waals surface area contributed by atoms with Crippen molar-refractivity contribution in [1.82, 2.24) is 5.32 Å². The van der Waals surface area contributed by atoms with Gasteiger partial charge < -0.3 is 5.32 Å². The average Bonchev–Trinajstić information content (AvgIpc) is 2.33. The quantitative estimate of drug-likeness (QED) is 0.876. The summed E-state index contributed by atoms with van der Waals surface area (Å²) in [6.45, 7) is 1.32. The number of piperidine rings is 1. The lowest BCUT2D eigenvalue weighted by Gasteiger charge is -2.37. The second-order valence-electron chi connectivity index (χ2n) is 4.68. The molecule has 0 aliphatic carbocycles. The summed E-state index contributed by atoms with van der Waals surface area (Å²) in [5.41, 5.74) is -0.0765. The smallest absolute Gasteiger partial charge is 0.244 e. The summed E-state index contributed by atoms with van der Waals surface area (Å²) in [6.07, 6.45) is -0.904. The highest BCUT2D eigenvalue weighted by atomic mass is 35.5. The van der Waals surface area contributed by atoms with Crippen LogP contribution in [0.3, 0.4) is 0 Å². The zero-order chi connectivity index (χ0) is 12.3. The molecule has 1 nitrogen and oxygen atoms in total. The zero-order valence-corrected chi connectivity index (χ0v) is 10.3. The Morgan fingerprint density at radius 3 is 2.47 bits per heavy atom. The minimum Gasteiger partial charge on any atom is -0.317 e. The van der Waals surface area contributed by atoms with Crippen LogP contribution >= 0.6 is 11.6 Å². The molecule has 1 fully saturated rings. The maximum absolute atomic E-state index is 13.3. The summed E-state index contributed by atoms with van der Waals surface area (Å²) in [5, 5.41) is 3.72. The first kappa shape index (κ1) is 12.8.